The number of pyridine rings is 1. The number of Topliss-reactive ketones (excluding diaryl/α,β-unsaturated/α-hetero) is 1. The fourth-order valence-electron chi connectivity index (χ4n) is 1.76. The van der Waals surface area contributed by atoms with E-state index in [1.807, 2.05) is 0 Å². The number of hydrogen-bond donors (Lipinski definition) is 0. The summed E-state index contributed by atoms with van der Waals surface area (Å²) >= 11 is 12.9. The molecule has 0 atom stereocenters. The molecular weight excluding hydrogens is 357 g/mol. The number of hydrogen-bond acceptors (Lipinski definition) is 6. The summed E-state index contributed by atoms with van der Waals surface area (Å²) in [6.45, 7) is 0. The number of ketones is 1. The fourth-order valence-corrected chi connectivity index (χ4v) is 2.72. The van der Waals surface area contributed by atoms with Gasteiger partial charge in [-0.25, -0.2) is 0 Å². The molecule has 0 bridgehead atoms. The van der Waals surface area contributed by atoms with Gasteiger partial charge in [0.05, 0.1) is 15.8 Å². The molecule has 0 amide bonds. The Bertz CT molecular complexity index is 840. The molecule has 0 aliphatic rings. The molecule has 3 aromatic rings. The Balaban J connectivity index is 1.65. The topological polar surface area (TPSA) is 68.9 Å². The Morgan fingerprint density at radius 1 is 1.09 bits per heavy atom. The average Bonchev–Trinajstić information content (AvgIpc) is 3.05. The largest absolute Gasteiger partial charge is 0.411 e. The zero-order valence-corrected chi connectivity index (χ0v) is 13.9. The summed E-state index contributed by atoms with van der Waals surface area (Å²) in [6, 6.07) is 8.30. The van der Waals surface area contributed by atoms with Crippen molar-refractivity contribution < 1.29 is 9.21 Å². The van der Waals surface area contributed by atoms with Crippen molar-refractivity contribution in [3.8, 4) is 11.5 Å². The standard InChI is InChI=1S/C15H9Cl2N3O2S/c16-11-2-1-10(7-12(11)17)13(21)8-23-15-20-19-14(22-15)9-3-5-18-6-4-9/h1-7H,8H2. The lowest BCUT2D eigenvalue weighted by Gasteiger charge is -2.01. The van der Waals surface area contributed by atoms with E-state index >= 15 is 0 Å². The predicted molar refractivity (Wildman–Crippen MR) is 89.0 cm³/mol. The van der Waals surface area contributed by atoms with E-state index in [-0.39, 0.29) is 11.5 Å². The highest BCUT2D eigenvalue weighted by Crippen LogP contribution is 2.25. The summed E-state index contributed by atoms with van der Waals surface area (Å²) in [5.41, 5.74) is 1.26. The summed E-state index contributed by atoms with van der Waals surface area (Å²) < 4.78 is 5.51. The highest BCUT2D eigenvalue weighted by molar-refractivity contribution is 7.99. The molecule has 5 nitrogen and oxygen atoms in total. The molecule has 0 radical (unpaired) electrons. The zero-order valence-electron chi connectivity index (χ0n) is 11.6. The van der Waals surface area contributed by atoms with Crippen molar-refractivity contribution in [3.63, 3.8) is 0 Å². The highest BCUT2D eigenvalue weighted by Gasteiger charge is 2.13. The number of carbonyl (C=O) groups excluding carboxylic acids is 1. The fraction of sp³-hybridized carbons (Fsp3) is 0.0667. The number of thioether (sulfide) groups is 1. The van der Waals surface area contributed by atoms with Crippen LogP contribution in [0.2, 0.25) is 10.0 Å². The van der Waals surface area contributed by atoms with Gasteiger partial charge in [-0.15, -0.1) is 10.2 Å². The molecule has 1 aromatic carbocycles. The van der Waals surface area contributed by atoms with E-state index in [0.29, 0.717) is 26.7 Å². The molecule has 8 heteroatoms. The zero-order chi connectivity index (χ0) is 16.2. The second-order valence-electron chi connectivity index (χ2n) is 4.45. The summed E-state index contributed by atoms with van der Waals surface area (Å²) in [4.78, 5) is 16.1. The molecule has 0 unspecified atom stereocenters. The first-order valence-electron chi connectivity index (χ1n) is 6.48. The minimum Gasteiger partial charge on any atom is -0.411 e. The van der Waals surface area contributed by atoms with Gasteiger partial charge in [0.25, 0.3) is 5.22 Å². The summed E-state index contributed by atoms with van der Waals surface area (Å²) in [5, 5.41) is 8.95. The Labute approximate surface area is 146 Å². The van der Waals surface area contributed by atoms with Crippen molar-refractivity contribution in [1.82, 2.24) is 15.2 Å². The van der Waals surface area contributed by atoms with Crippen molar-refractivity contribution >= 4 is 40.7 Å². The summed E-state index contributed by atoms with van der Waals surface area (Å²) in [7, 11) is 0. The Morgan fingerprint density at radius 2 is 1.87 bits per heavy atom. The molecule has 2 heterocycles. The molecule has 0 saturated carbocycles. The summed E-state index contributed by atoms with van der Waals surface area (Å²) in [5.74, 6) is 0.449. The highest BCUT2D eigenvalue weighted by atomic mass is 35.5. The molecular formula is C15H9Cl2N3O2S. The molecule has 0 N–H and O–H groups in total. The number of halogens is 2. The van der Waals surface area contributed by atoms with Crippen LogP contribution in [-0.2, 0) is 0 Å². The van der Waals surface area contributed by atoms with Crippen LogP contribution in [0, 0.1) is 0 Å². The van der Waals surface area contributed by atoms with Gasteiger partial charge >= 0.3 is 0 Å². The third-order valence-electron chi connectivity index (χ3n) is 2.90. The third kappa shape index (κ3) is 3.90. The lowest BCUT2D eigenvalue weighted by Crippen LogP contribution is -2.02. The van der Waals surface area contributed by atoms with Crippen LogP contribution in [-0.4, -0.2) is 26.7 Å². The number of carbonyl (C=O) groups is 1. The van der Waals surface area contributed by atoms with E-state index in [0.717, 1.165) is 5.56 Å². The van der Waals surface area contributed by atoms with E-state index in [2.05, 4.69) is 15.2 Å². The smallest absolute Gasteiger partial charge is 0.277 e. The van der Waals surface area contributed by atoms with Crippen molar-refractivity contribution in [2.24, 2.45) is 0 Å². The second kappa shape index (κ2) is 7.12. The normalized spacial score (nSPS) is 10.7. The van der Waals surface area contributed by atoms with E-state index in [1.54, 1.807) is 42.7 Å². The number of aromatic nitrogens is 3. The monoisotopic (exact) mass is 365 g/mol. The van der Waals surface area contributed by atoms with Crippen LogP contribution in [0.15, 0.2) is 52.4 Å². The third-order valence-corrected chi connectivity index (χ3v) is 4.46. The molecule has 0 aliphatic heterocycles. The van der Waals surface area contributed by atoms with Gasteiger partial charge in [0.2, 0.25) is 5.89 Å². The van der Waals surface area contributed by atoms with Crippen molar-refractivity contribution in [3.05, 3.63) is 58.3 Å². The van der Waals surface area contributed by atoms with Gasteiger partial charge < -0.3 is 4.42 Å². The van der Waals surface area contributed by atoms with Crippen LogP contribution < -0.4 is 0 Å². The maximum atomic E-state index is 12.1. The first kappa shape index (κ1) is 16.0. The quantitative estimate of drug-likeness (QED) is 0.492. The number of nitrogens with zero attached hydrogens (tertiary/aromatic N) is 3. The van der Waals surface area contributed by atoms with E-state index in [9.17, 15) is 4.79 Å². The van der Waals surface area contributed by atoms with Crippen LogP contribution in [0.5, 0.6) is 0 Å². The molecule has 0 fully saturated rings. The SMILES string of the molecule is O=C(CSc1nnc(-c2ccncc2)o1)c1ccc(Cl)c(Cl)c1. The minimum absolute atomic E-state index is 0.0998. The maximum absolute atomic E-state index is 12.1. The Hall–Kier alpha value is -1.89. The lowest BCUT2D eigenvalue weighted by atomic mass is 10.1. The predicted octanol–water partition coefficient (Wildman–Crippen LogP) is 4.41. The summed E-state index contributed by atoms with van der Waals surface area (Å²) in [6.07, 6.45) is 3.28. The van der Waals surface area contributed by atoms with Gasteiger partial charge in [-0.05, 0) is 30.3 Å². The lowest BCUT2D eigenvalue weighted by molar-refractivity contribution is 0.102. The van der Waals surface area contributed by atoms with Crippen molar-refractivity contribution in [1.29, 1.82) is 0 Å². The molecule has 2 aromatic heterocycles. The molecule has 116 valence electrons. The second-order valence-corrected chi connectivity index (χ2v) is 6.19. The first-order valence-corrected chi connectivity index (χ1v) is 8.22. The van der Waals surface area contributed by atoms with E-state index in [4.69, 9.17) is 27.6 Å². The van der Waals surface area contributed by atoms with Gasteiger partial charge in [0, 0.05) is 23.5 Å². The molecule has 3 rings (SSSR count). The van der Waals surface area contributed by atoms with Crippen LogP contribution in [0.3, 0.4) is 0 Å². The van der Waals surface area contributed by atoms with Gasteiger partial charge in [0.1, 0.15) is 0 Å². The van der Waals surface area contributed by atoms with E-state index in [1.165, 1.54) is 11.8 Å². The van der Waals surface area contributed by atoms with Crippen LogP contribution in [0.1, 0.15) is 10.4 Å². The van der Waals surface area contributed by atoms with Crippen LogP contribution in [0.25, 0.3) is 11.5 Å². The van der Waals surface area contributed by atoms with Crippen molar-refractivity contribution in [2.45, 2.75) is 5.22 Å². The molecule has 23 heavy (non-hydrogen) atoms. The van der Waals surface area contributed by atoms with Crippen LogP contribution >= 0.6 is 35.0 Å². The van der Waals surface area contributed by atoms with E-state index < -0.39 is 0 Å². The van der Waals surface area contributed by atoms with Gasteiger partial charge in [0.15, 0.2) is 5.78 Å². The number of benzene rings is 1. The Morgan fingerprint density at radius 3 is 2.61 bits per heavy atom. The molecule has 0 spiro atoms. The molecule has 0 aliphatic carbocycles. The first-order chi connectivity index (χ1) is 11.1. The van der Waals surface area contributed by atoms with Gasteiger partial charge in [-0.3, -0.25) is 9.78 Å². The van der Waals surface area contributed by atoms with Crippen molar-refractivity contribution in [2.75, 3.05) is 5.75 Å². The molecule has 0 saturated heterocycles. The van der Waals surface area contributed by atoms with Gasteiger partial charge in [-0.2, -0.15) is 0 Å². The maximum Gasteiger partial charge on any atom is 0.277 e. The average molecular weight is 366 g/mol. The van der Waals surface area contributed by atoms with Crippen LogP contribution in [0.4, 0.5) is 0 Å². The Kier molecular flexibility index (Phi) is 4.95. The minimum atomic E-state index is -0.0998. The number of rotatable bonds is 5. The van der Waals surface area contributed by atoms with Gasteiger partial charge in [-0.1, -0.05) is 35.0 Å².